The number of benzene rings is 1. The van der Waals surface area contributed by atoms with E-state index in [2.05, 4.69) is 11.4 Å². The Hall–Kier alpha value is -1.55. The standard InChI is InChI=1S/C15H23NO3/c1-10-6-11(2)8-14(7-10)19-13(4)15(17)16-12(3)9-18-5/h6-8,12-13H,9H2,1-5H3,(H,16,17)/t12-,13-/m0/s1. The summed E-state index contributed by atoms with van der Waals surface area (Å²) in [4.78, 5) is 11.9. The Morgan fingerprint density at radius 2 is 1.79 bits per heavy atom. The Labute approximate surface area is 115 Å². The van der Waals surface area contributed by atoms with E-state index in [1.54, 1.807) is 14.0 Å². The highest BCUT2D eigenvalue weighted by Crippen LogP contribution is 2.17. The van der Waals surface area contributed by atoms with Crippen molar-refractivity contribution < 1.29 is 14.3 Å². The summed E-state index contributed by atoms with van der Waals surface area (Å²) in [6, 6.07) is 5.89. The van der Waals surface area contributed by atoms with Crippen LogP contribution in [0, 0.1) is 13.8 Å². The molecule has 0 saturated carbocycles. The minimum atomic E-state index is -0.527. The first kappa shape index (κ1) is 15.5. The summed E-state index contributed by atoms with van der Waals surface area (Å²) >= 11 is 0. The lowest BCUT2D eigenvalue weighted by Gasteiger charge is -2.18. The van der Waals surface area contributed by atoms with Gasteiger partial charge in [0.1, 0.15) is 5.75 Å². The average molecular weight is 265 g/mol. The molecular weight excluding hydrogens is 242 g/mol. The van der Waals surface area contributed by atoms with Gasteiger partial charge in [-0.25, -0.2) is 0 Å². The second-order valence-electron chi connectivity index (χ2n) is 4.95. The van der Waals surface area contributed by atoms with Crippen LogP contribution in [0.2, 0.25) is 0 Å². The Morgan fingerprint density at radius 1 is 1.21 bits per heavy atom. The first-order valence-corrected chi connectivity index (χ1v) is 6.46. The molecular formula is C15H23NO3. The summed E-state index contributed by atoms with van der Waals surface area (Å²) in [5.41, 5.74) is 2.24. The van der Waals surface area contributed by atoms with Gasteiger partial charge in [0.05, 0.1) is 6.61 Å². The first-order chi connectivity index (χ1) is 8.92. The molecule has 0 aliphatic rings. The third-order valence-electron chi connectivity index (χ3n) is 2.68. The van der Waals surface area contributed by atoms with Crippen molar-refractivity contribution in [3.05, 3.63) is 29.3 Å². The summed E-state index contributed by atoms with van der Waals surface area (Å²) in [5, 5.41) is 2.84. The fraction of sp³-hybridized carbons (Fsp3) is 0.533. The molecule has 19 heavy (non-hydrogen) atoms. The summed E-state index contributed by atoms with van der Waals surface area (Å²) in [6.45, 7) is 8.13. The lowest BCUT2D eigenvalue weighted by molar-refractivity contribution is -0.128. The first-order valence-electron chi connectivity index (χ1n) is 6.46. The molecule has 0 heterocycles. The van der Waals surface area contributed by atoms with Gasteiger partial charge in [-0.2, -0.15) is 0 Å². The third kappa shape index (κ3) is 5.30. The van der Waals surface area contributed by atoms with Crippen molar-refractivity contribution >= 4 is 5.91 Å². The van der Waals surface area contributed by atoms with Gasteiger partial charge in [-0.3, -0.25) is 4.79 Å². The van der Waals surface area contributed by atoms with E-state index in [4.69, 9.17) is 9.47 Å². The summed E-state index contributed by atoms with van der Waals surface area (Å²) in [6.07, 6.45) is -0.527. The van der Waals surface area contributed by atoms with E-state index in [0.717, 1.165) is 16.9 Å². The van der Waals surface area contributed by atoms with E-state index in [1.165, 1.54) is 0 Å². The predicted molar refractivity (Wildman–Crippen MR) is 75.5 cm³/mol. The number of hydrogen-bond acceptors (Lipinski definition) is 3. The molecule has 1 N–H and O–H groups in total. The molecule has 1 aromatic carbocycles. The zero-order chi connectivity index (χ0) is 14.4. The molecule has 1 amide bonds. The fourth-order valence-corrected chi connectivity index (χ4v) is 1.91. The number of carbonyl (C=O) groups is 1. The maximum absolute atomic E-state index is 11.9. The summed E-state index contributed by atoms with van der Waals surface area (Å²) in [5.74, 6) is 0.586. The molecule has 0 aromatic heterocycles. The zero-order valence-corrected chi connectivity index (χ0v) is 12.3. The van der Waals surface area contributed by atoms with E-state index >= 15 is 0 Å². The van der Waals surface area contributed by atoms with Crippen LogP contribution in [0.3, 0.4) is 0 Å². The van der Waals surface area contributed by atoms with Crippen LogP contribution in [0.25, 0.3) is 0 Å². The number of hydrogen-bond donors (Lipinski definition) is 1. The maximum Gasteiger partial charge on any atom is 0.261 e. The van der Waals surface area contributed by atoms with E-state index < -0.39 is 6.10 Å². The van der Waals surface area contributed by atoms with Gasteiger partial charge in [-0.05, 0) is 51.0 Å². The number of methoxy groups -OCH3 is 1. The topological polar surface area (TPSA) is 47.6 Å². The van der Waals surface area contributed by atoms with Crippen LogP contribution in [-0.4, -0.2) is 31.8 Å². The minimum Gasteiger partial charge on any atom is -0.481 e. The van der Waals surface area contributed by atoms with Crippen molar-refractivity contribution in [1.82, 2.24) is 5.32 Å². The van der Waals surface area contributed by atoms with E-state index in [9.17, 15) is 4.79 Å². The average Bonchev–Trinajstić information content (AvgIpc) is 2.27. The van der Waals surface area contributed by atoms with Crippen LogP contribution in [-0.2, 0) is 9.53 Å². The van der Waals surface area contributed by atoms with Gasteiger partial charge in [0.15, 0.2) is 6.10 Å². The van der Waals surface area contributed by atoms with Crippen LogP contribution in [0.15, 0.2) is 18.2 Å². The molecule has 4 heteroatoms. The second kappa shape index (κ2) is 7.14. The van der Waals surface area contributed by atoms with Crippen molar-refractivity contribution in [2.45, 2.75) is 39.8 Å². The molecule has 0 aliphatic carbocycles. The van der Waals surface area contributed by atoms with Crippen molar-refractivity contribution in [2.24, 2.45) is 0 Å². The monoisotopic (exact) mass is 265 g/mol. The SMILES string of the molecule is COC[C@H](C)NC(=O)[C@H](C)Oc1cc(C)cc(C)c1. The Balaban J connectivity index is 2.58. The molecule has 0 saturated heterocycles. The minimum absolute atomic E-state index is 0.0252. The van der Waals surface area contributed by atoms with Crippen LogP contribution in [0.1, 0.15) is 25.0 Å². The quantitative estimate of drug-likeness (QED) is 0.858. The van der Waals surface area contributed by atoms with Crippen LogP contribution in [0.5, 0.6) is 5.75 Å². The normalized spacial score (nSPS) is 13.7. The van der Waals surface area contributed by atoms with Crippen molar-refractivity contribution in [2.75, 3.05) is 13.7 Å². The van der Waals surface area contributed by atoms with Crippen molar-refractivity contribution in [3.63, 3.8) is 0 Å². The van der Waals surface area contributed by atoms with Gasteiger partial charge in [-0.1, -0.05) is 6.07 Å². The zero-order valence-electron chi connectivity index (χ0n) is 12.3. The van der Waals surface area contributed by atoms with E-state index in [0.29, 0.717) is 6.61 Å². The highest BCUT2D eigenvalue weighted by Gasteiger charge is 2.16. The number of carbonyl (C=O) groups excluding carboxylic acids is 1. The predicted octanol–water partition coefficient (Wildman–Crippen LogP) is 2.22. The molecule has 1 aromatic rings. The lowest BCUT2D eigenvalue weighted by atomic mass is 10.1. The second-order valence-corrected chi connectivity index (χ2v) is 4.95. The van der Waals surface area contributed by atoms with E-state index in [-0.39, 0.29) is 11.9 Å². The highest BCUT2D eigenvalue weighted by molar-refractivity contribution is 5.81. The number of aryl methyl sites for hydroxylation is 2. The molecule has 2 atom stereocenters. The Morgan fingerprint density at radius 3 is 2.32 bits per heavy atom. The molecule has 0 aliphatic heterocycles. The number of nitrogens with one attached hydrogen (secondary N) is 1. The van der Waals surface area contributed by atoms with Crippen LogP contribution < -0.4 is 10.1 Å². The molecule has 0 unspecified atom stereocenters. The van der Waals surface area contributed by atoms with Crippen molar-refractivity contribution in [3.8, 4) is 5.75 Å². The number of ether oxygens (including phenoxy) is 2. The maximum atomic E-state index is 11.9. The summed E-state index contributed by atoms with van der Waals surface area (Å²) in [7, 11) is 1.61. The summed E-state index contributed by atoms with van der Waals surface area (Å²) < 4.78 is 10.6. The van der Waals surface area contributed by atoms with Gasteiger partial charge in [0, 0.05) is 13.2 Å². The third-order valence-corrected chi connectivity index (χ3v) is 2.68. The molecule has 0 radical (unpaired) electrons. The largest absolute Gasteiger partial charge is 0.481 e. The molecule has 0 bridgehead atoms. The number of amides is 1. The molecule has 0 fully saturated rings. The molecule has 4 nitrogen and oxygen atoms in total. The van der Waals surface area contributed by atoms with Crippen LogP contribution in [0.4, 0.5) is 0 Å². The van der Waals surface area contributed by atoms with Gasteiger partial charge >= 0.3 is 0 Å². The molecule has 106 valence electrons. The highest BCUT2D eigenvalue weighted by atomic mass is 16.5. The number of rotatable bonds is 6. The van der Waals surface area contributed by atoms with Gasteiger partial charge < -0.3 is 14.8 Å². The van der Waals surface area contributed by atoms with E-state index in [1.807, 2.05) is 32.9 Å². The Kier molecular flexibility index (Phi) is 5.83. The smallest absolute Gasteiger partial charge is 0.261 e. The Bertz CT molecular complexity index is 411. The lowest BCUT2D eigenvalue weighted by Crippen LogP contribution is -2.43. The van der Waals surface area contributed by atoms with Crippen LogP contribution >= 0.6 is 0 Å². The fourth-order valence-electron chi connectivity index (χ4n) is 1.91. The van der Waals surface area contributed by atoms with Gasteiger partial charge in [0.2, 0.25) is 0 Å². The van der Waals surface area contributed by atoms with Crippen molar-refractivity contribution in [1.29, 1.82) is 0 Å². The molecule has 0 spiro atoms. The van der Waals surface area contributed by atoms with Gasteiger partial charge in [0.25, 0.3) is 5.91 Å². The molecule has 1 rings (SSSR count). The van der Waals surface area contributed by atoms with Gasteiger partial charge in [-0.15, -0.1) is 0 Å².